The number of aliphatic hydroxyl groups is 3. The van der Waals surface area contributed by atoms with Gasteiger partial charge in [0.05, 0.1) is 19.2 Å². The Morgan fingerprint density at radius 1 is 1.11 bits per heavy atom. The number of ether oxygens (including phenoxy) is 1. The van der Waals surface area contributed by atoms with Gasteiger partial charge in [-0.15, -0.1) is 0 Å². The van der Waals surface area contributed by atoms with E-state index in [9.17, 15) is 24.9 Å². The summed E-state index contributed by atoms with van der Waals surface area (Å²) in [5.41, 5.74) is 10.3. The van der Waals surface area contributed by atoms with Crippen LogP contribution < -0.4 is 11.2 Å². The van der Waals surface area contributed by atoms with Crippen LogP contribution in [0.25, 0.3) is 11.2 Å². The Labute approximate surface area is 196 Å². The van der Waals surface area contributed by atoms with Crippen molar-refractivity contribution in [2.24, 2.45) is 5.50 Å². The van der Waals surface area contributed by atoms with E-state index in [2.05, 4.69) is 20.5 Å². The smallest absolute Gasteiger partial charge is 0.397 e. The van der Waals surface area contributed by atoms with Crippen molar-refractivity contribution in [1.29, 1.82) is 0 Å². The molecule has 35 heavy (non-hydrogen) atoms. The number of nitrogens with two attached hydrogens (primary N) is 2. The molecular weight excluding hydrogens is 497 g/mol. The molecule has 0 aromatic carbocycles. The van der Waals surface area contributed by atoms with Gasteiger partial charge in [-0.25, -0.2) is 25.0 Å². The number of aliphatic hydroxyl groups excluding tert-OH is 3. The number of nitrogen functional groups attached to an aromatic ring is 1. The quantitative estimate of drug-likeness (QED) is 0.114. The summed E-state index contributed by atoms with van der Waals surface area (Å²) in [4.78, 5) is 49.7. The zero-order valence-electron chi connectivity index (χ0n) is 18.0. The summed E-state index contributed by atoms with van der Waals surface area (Å²) in [6.07, 6.45) is -5.41. The zero-order valence-corrected chi connectivity index (χ0v) is 18.9. The Balaban J connectivity index is 0.000000784. The van der Waals surface area contributed by atoms with E-state index in [0.717, 1.165) is 4.90 Å². The summed E-state index contributed by atoms with van der Waals surface area (Å²) in [6, 6.07) is 0. The molecule has 0 spiro atoms. The van der Waals surface area contributed by atoms with Gasteiger partial charge in [-0.1, -0.05) is 0 Å². The fourth-order valence-electron chi connectivity index (χ4n) is 3.28. The van der Waals surface area contributed by atoms with E-state index in [1.807, 2.05) is 0 Å². The number of nitrogens with zero attached hydrogens (tertiary/aromatic N) is 5. The maximum atomic E-state index is 10.9. The maximum Gasteiger partial charge on any atom is 0.397 e. The number of carboxylic acids is 2. The lowest BCUT2D eigenvalue weighted by Crippen LogP contribution is -2.50. The summed E-state index contributed by atoms with van der Waals surface area (Å²) < 4.78 is 16.1. The van der Waals surface area contributed by atoms with Gasteiger partial charge >= 0.3 is 19.7 Å². The minimum absolute atomic E-state index is 0.108. The molecule has 0 bridgehead atoms. The lowest BCUT2D eigenvalue weighted by atomic mass is 10.1. The van der Waals surface area contributed by atoms with Gasteiger partial charge in [-0.3, -0.25) is 19.1 Å². The predicted octanol–water partition coefficient (Wildman–Crippen LogP) is -3.36. The van der Waals surface area contributed by atoms with Crippen molar-refractivity contribution in [2.45, 2.75) is 43.6 Å². The summed E-state index contributed by atoms with van der Waals surface area (Å²) in [7, 11) is -4.14. The molecule has 5 atom stereocenters. The molecule has 1 aliphatic rings. The first-order chi connectivity index (χ1) is 16.2. The summed E-state index contributed by atoms with van der Waals surface area (Å²) in [6.45, 7) is -0.371. The predicted molar refractivity (Wildman–Crippen MR) is 114 cm³/mol. The van der Waals surface area contributed by atoms with Crippen LogP contribution in [-0.4, -0.2) is 109 Å². The Morgan fingerprint density at radius 3 is 2.17 bits per heavy atom. The van der Waals surface area contributed by atoms with Crippen molar-refractivity contribution in [3.05, 3.63) is 12.7 Å². The van der Waals surface area contributed by atoms with Crippen molar-refractivity contribution < 1.29 is 54.2 Å². The minimum atomic E-state index is -4.14. The Hall–Kier alpha value is -2.80. The Bertz CT molecular complexity index is 1050. The third-order valence-electron chi connectivity index (χ3n) is 4.83. The number of carboxylic acid groups (broad SMARTS) is 2. The van der Waals surface area contributed by atoms with Crippen molar-refractivity contribution in [3.8, 4) is 0 Å². The number of aliphatic carboxylic acids is 2. The first-order valence-corrected chi connectivity index (χ1v) is 11.5. The van der Waals surface area contributed by atoms with Crippen LogP contribution in [0.15, 0.2) is 12.7 Å². The molecule has 196 valence electrons. The van der Waals surface area contributed by atoms with Gasteiger partial charge in [0.1, 0.15) is 36.4 Å². The van der Waals surface area contributed by atoms with Gasteiger partial charge in [-0.2, -0.15) is 0 Å². The van der Waals surface area contributed by atoms with Crippen LogP contribution in [0.4, 0.5) is 5.82 Å². The molecule has 1 unspecified atom stereocenters. The van der Waals surface area contributed by atoms with Crippen LogP contribution in [0.5, 0.6) is 0 Å². The molecule has 19 heteroatoms. The number of hydrogen-bond donors (Lipinski definition) is 9. The molecule has 1 aliphatic heterocycles. The van der Waals surface area contributed by atoms with E-state index >= 15 is 0 Å². The molecule has 3 heterocycles. The van der Waals surface area contributed by atoms with E-state index < -0.39 is 50.5 Å². The second-order valence-electron chi connectivity index (χ2n) is 7.38. The van der Waals surface area contributed by atoms with E-state index in [4.69, 9.17) is 35.0 Å². The van der Waals surface area contributed by atoms with Crippen LogP contribution in [-0.2, 0) is 18.9 Å². The number of aromatic nitrogens is 4. The first-order valence-electron chi connectivity index (χ1n) is 9.85. The topological polar surface area (TPSA) is 301 Å². The summed E-state index contributed by atoms with van der Waals surface area (Å²) in [5.74, 6) is -2.18. The van der Waals surface area contributed by atoms with E-state index in [1.54, 1.807) is 0 Å². The fraction of sp³-hybridized carbons (Fsp3) is 0.562. The number of imidazole rings is 1. The van der Waals surface area contributed by atoms with Crippen molar-refractivity contribution in [1.82, 2.24) is 24.4 Å². The van der Waals surface area contributed by atoms with Crippen LogP contribution in [0.3, 0.4) is 0 Å². The normalized spacial score (nSPS) is 23.2. The molecule has 0 aliphatic carbocycles. The van der Waals surface area contributed by atoms with Gasteiger partial charge in [0.2, 0.25) is 0 Å². The largest absolute Gasteiger partial charge is 0.481 e. The average molecular weight is 523 g/mol. The van der Waals surface area contributed by atoms with Gasteiger partial charge in [-0.05, 0) is 0 Å². The van der Waals surface area contributed by atoms with Crippen molar-refractivity contribution in [2.75, 3.05) is 18.8 Å². The van der Waals surface area contributed by atoms with Crippen LogP contribution >= 0.6 is 7.75 Å². The van der Waals surface area contributed by atoms with Gasteiger partial charge in [0, 0.05) is 13.1 Å². The molecule has 2 aromatic rings. The molecule has 3 rings (SSSR count). The maximum absolute atomic E-state index is 10.9. The number of carbonyl (C=O) groups is 2. The summed E-state index contributed by atoms with van der Waals surface area (Å²) in [5, 5.41) is 49.4. The highest BCUT2D eigenvalue weighted by Crippen LogP contribution is 2.34. The SMILES string of the molecule is NP(=O)(O)O.Nc1ncnc2c1ncn2[C@@H]1O[C@H](C(O)N(CCC(=O)O)CCC(=O)O)[C@@H](O)[C@H]1O. The van der Waals surface area contributed by atoms with E-state index in [1.165, 1.54) is 17.2 Å². The van der Waals surface area contributed by atoms with E-state index in [0.29, 0.717) is 0 Å². The number of fused-ring (bicyclic) bond motifs is 1. The second-order valence-corrected chi connectivity index (χ2v) is 8.56. The fourth-order valence-corrected chi connectivity index (χ4v) is 3.28. The van der Waals surface area contributed by atoms with Crippen molar-refractivity contribution >= 4 is 36.7 Å². The number of rotatable bonds is 9. The monoisotopic (exact) mass is 523 g/mol. The molecule has 1 fully saturated rings. The second kappa shape index (κ2) is 11.8. The highest BCUT2D eigenvalue weighted by atomic mass is 31.2. The van der Waals surface area contributed by atoms with Gasteiger partial charge in [0.15, 0.2) is 17.7 Å². The van der Waals surface area contributed by atoms with Gasteiger partial charge in [0.25, 0.3) is 0 Å². The molecule has 2 aromatic heterocycles. The molecule has 0 amide bonds. The van der Waals surface area contributed by atoms with Gasteiger partial charge < -0.3 is 45.8 Å². The van der Waals surface area contributed by atoms with Crippen molar-refractivity contribution in [3.63, 3.8) is 0 Å². The lowest BCUT2D eigenvalue weighted by Gasteiger charge is -2.31. The molecule has 0 saturated carbocycles. The van der Waals surface area contributed by atoms with Crippen LogP contribution in [0.2, 0.25) is 0 Å². The van der Waals surface area contributed by atoms with Crippen LogP contribution in [0.1, 0.15) is 19.1 Å². The number of anilines is 1. The van der Waals surface area contributed by atoms with E-state index in [-0.39, 0.29) is 42.9 Å². The average Bonchev–Trinajstić information content (AvgIpc) is 3.28. The molecule has 0 radical (unpaired) electrons. The lowest BCUT2D eigenvalue weighted by molar-refractivity contribution is -0.149. The third-order valence-corrected chi connectivity index (χ3v) is 4.83. The van der Waals surface area contributed by atoms with Crippen LogP contribution in [0, 0.1) is 0 Å². The Morgan fingerprint density at radius 2 is 1.66 bits per heavy atom. The minimum Gasteiger partial charge on any atom is -0.481 e. The molecule has 18 nitrogen and oxygen atoms in total. The summed E-state index contributed by atoms with van der Waals surface area (Å²) >= 11 is 0. The highest BCUT2D eigenvalue weighted by Gasteiger charge is 2.48. The molecular formula is C16H26N7O11P. The zero-order chi connectivity index (χ0) is 26.5. The first kappa shape index (κ1) is 28.4. The number of hydrogen-bond acceptors (Lipinski definition) is 12. The molecule has 11 N–H and O–H groups in total. The standard InChI is InChI=1S/C16H22N6O8.H4NO3P/c17-13-9-14(19-5-18-13)22(6-20-9)16-11(28)10(27)12(30-16)15(29)21(3-1-7(23)24)4-2-8(25)26;1-5(2,3)4/h5-6,10-12,15-16,27-29H,1-4H2,(H,23,24)(H,25,26)(H2,17,18,19);(H4,1,2,3,4)/t10-,11+,12-,15?,16+;/m0./s1. The Kier molecular flexibility index (Phi) is 9.55. The third kappa shape index (κ3) is 7.85. The molecule has 1 saturated heterocycles. The highest BCUT2D eigenvalue weighted by molar-refractivity contribution is 7.49.